The van der Waals surface area contributed by atoms with Gasteiger partial charge in [0.2, 0.25) is 5.91 Å². The summed E-state index contributed by atoms with van der Waals surface area (Å²) in [6.45, 7) is 0. The Morgan fingerprint density at radius 2 is 1.80 bits per heavy atom. The molecule has 0 saturated carbocycles. The minimum atomic E-state index is -0.947. The van der Waals surface area contributed by atoms with Gasteiger partial charge in [-0.2, -0.15) is 0 Å². The third-order valence-corrected chi connectivity index (χ3v) is 4.71. The molecule has 0 aliphatic carbocycles. The van der Waals surface area contributed by atoms with E-state index in [-0.39, 0.29) is 12.2 Å². The minimum Gasteiger partial charge on any atom is -0.368 e. The topological polar surface area (TPSA) is 114 Å². The van der Waals surface area contributed by atoms with Gasteiger partial charge in [-0.1, -0.05) is 18.2 Å². The lowest BCUT2D eigenvalue weighted by Gasteiger charge is -2.16. The Labute approximate surface area is 171 Å². The van der Waals surface area contributed by atoms with Crippen molar-refractivity contribution in [2.45, 2.75) is 12.5 Å². The lowest BCUT2D eigenvalue weighted by molar-refractivity contribution is -0.119. The number of halogens is 1. The van der Waals surface area contributed by atoms with E-state index in [2.05, 4.69) is 20.3 Å². The van der Waals surface area contributed by atoms with Crippen LogP contribution in [0.15, 0.2) is 67.0 Å². The summed E-state index contributed by atoms with van der Waals surface area (Å²) >= 11 is 0. The second-order valence-corrected chi connectivity index (χ2v) is 6.78. The molecule has 0 aliphatic heterocycles. The summed E-state index contributed by atoms with van der Waals surface area (Å²) in [4.78, 5) is 36.5. The van der Waals surface area contributed by atoms with Crippen molar-refractivity contribution in [2.75, 3.05) is 0 Å². The van der Waals surface area contributed by atoms with Crippen LogP contribution in [0.4, 0.5) is 4.39 Å². The van der Waals surface area contributed by atoms with Crippen molar-refractivity contribution in [3.63, 3.8) is 0 Å². The van der Waals surface area contributed by atoms with E-state index in [1.165, 1.54) is 12.1 Å². The van der Waals surface area contributed by atoms with E-state index >= 15 is 0 Å². The number of aromatic nitrogens is 3. The summed E-state index contributed by atoms with van der Waals surface area (Å²) < 4.78 is 13.1. The van der Waals surface area contributed by atoms with Crippen LogP contribution in [-0.2, 0) is 11.2 Å². The van der Waals surface area contributed by atoms with Crippen molar-refractivity contribution in [1.29, 1.82) is 0 Å². The molecule has 0 bridgehead atoms. The number of H-pyrrole nitrogens is 1. The van der Waals surface area contributed by atoms with Crippen molar-refractivity contribution >= 4 is 22.8 Å². The molecule has 0 spiro atoms. The molecule has 2 aromatic heterocycles. The largest absolute Gasteiger partial charge is 0.368 e. The molecule has 8 heteroatoms. The Morgan fingerprint density at radius 1 is 1.07 bits per heavy atom. The number of para-hydroxylation sites is 1. The smallest absolute Gasteiger partial charge is 0.254 e. The number of imidazole rings is 1. The summed E-state index contributed by atoms with van der Waals surface area (Å²) in [5.74, 6) is -0.933. The maximum atomic E-state index is 13.1. The molecule has 2 heterocycles. The van der Waals surface area contributed by atoms with Gasteiger partial charge in [0, 0.05) is 24.4 Å². The monoisotopic (exact) mass is 403 g/mol. The van der Waals surface area contributed by atoms with Gasteiger partial charge in [-0.15, -0.1) is 0 Å². The van der Waals surface area contributed by atoms with Crippen LogP contribution in [0.3, 0.4) is 0 Å². The quantitative estimate of drug-likeness (QED) is 0.459. The highest BCUT2D eigenvalue weighted by molar-refractivity contribution is 6.06. The Morgan fingerprint density at radius 3 is 2.50 bits per heavy atom. The number of carbonyl (C=O) groups is 2. The number of hydrogen-bond donors (Lipinski definition) is 3. The van der Waals surface area contributed by atoms with Crippen LogP contribution in [0, 0.1) is 5.82 Å². The van der Waals surface area contributed by atoms with Crippen LogP contribution in [0.1, 0.15) is 15.9 Å². The van der Waals surface area contributed by atoms with Crippen LogP contribution in [0.5, 0.6) is 0 Å². The molecule has 1 atom stereocenters. The summed E-state index contributed by atoms with van der Waals surface area (Å²) in [7, 11) is 0. The van der Waals surface area contributed by atoms with Crippen molar-refractivity contribution in [3.05, 3.63) is 83.9 Å². The Balaban J connectivity index is 1.60. The van der Waals surface area contributed by atoms with Gasteiger partial charge in [-0.05, 0) is 42.0 Å². The molecular formula is C22H18FN5O2. The SMILES string of the molecule is NC(=O)C(Cc1ccc(F)cc1)NC(=O)c1cccc2[nH]c(-c3ccncc3)nc12. The van der Waals surface area contributed by atoms with Crippen LogP contribution in [0.2, 0.25) is 0 Å². The first kappa shape index (κ1) is 19.3. The van der Waals surface area contributed by atoms with Crippen LogP contribution >= 0.6 is 0 Å². The highest BCUT2D eigenvalue weighted by Crippen LogP contribution is 2.22. The van der Waals surface area contributed by atoms with Gasteiger partial charge in [0.05, 0.1) is 11.1 Å². The molecular weight excluding hydrogens is 385 g/mol. The molecule has 4 aromatic rings. The fraction of sp³-hybridized carbons (Fsp3) is 0.0909. The molecule has 150 valence electrons. The summed E-state index contributed by atoms with van der Waals surface area (Å²) in [6, 6.07) is 13.5. The van der Waals surface area contributed by atoms with Gasteiger partial charge in [0.1, 0.15) is 23.2 Å². The number of nitrogens with one attached hydrogen (secondary N) is 2. The molecule has 0 saturated heterocycles. The van der Waals surface area contributed by atoms with Gasteiger partial charge in [-0.25, -0.2) is 9.37 Å². The highest BCUT2D eigenvalue weighted by Gasteiger charge is 2.22. The summed E-state index contributed by atoms with van der Waals surface area (Å²) in [5, 5.41) is 2.67. The van der Waals surface area contributed by atoms with E-state index in [4.69, 9.17) is 5.73 Å². The van der Waals surface area contributed by atoms with Gasteiger partial charge in [-0.3, -0.25) is 14.6 Å². The average molecular weight is 403 g/mol. The number of aromatic amines is 1. The molecule has 4 N–H and O–H groups in total. The van der Waals surface area contributed by atoms with E-state index in [0.29, 0.717) is 28.0 Å². The van der Waals surface area contributed by atoms with Gasteiger partial charge < -0.3 is 16.0 Å². The number of primary amides is 1. The van der Waals surface area contributed by atoms with Gasteiger partial charge in [0.25, 0.3) is 5.91 Å². The first-order valence-corrected chi connectivity index (χ1v) is 9.25. The highest BCUT2D eigenvalue weighted by atomic mass is 19.1. The molecule has 2 amide bonds. The van der Waals surface area contributed by atoms with Gasteiger partial charge in [0.15, 0.2) is 0 Å². The van der Waals surface area contributed by atoms with Crippen molar-refractivity contribution in [3.8, 4) is 11.4 Å². The maximum Gasteiger partial charge on any atom is 0.254 e. The number of amides is 2. The number of rotatable bonds is 6. The maximum absolute atomic E-state index is 13.1. The number of carbonyl (C=O) groups excluding carboxylic acids is 2. The second-order valence-electron chi connectivity index (χ2n) is 6.78. The zero-order valence-electron chi connectivity index (χ0n) is 15.8. The molecule has 2 aromatic carbocycles. The molecule has 0 radical (unpaired) electrons. The summed E-state index contributed by atoms with van der Waals surface area (Å²) in [5.41, 5.74) is 8.47. The third-order valence-electron chi connectivity index (χ3n) is 4.71. The Bertz CT molecular complexity index is 1210. The van der Waals surface area contributed by atoms with Crippen molar-refractivity contribution in [1.82, 2.24) is 20.3 Å². The Kier molecular flexibility index (Phi) is 5.21. The molecule has 7 nitrogen and oxygen atoms in total. The number of nitrogens with two attached hydrogens (primary N) is 1. The Hall–Kier alpha value is -4.07. The number of benzene rings is 2. The standard InChI is InChI=1S/C22H18FN5O2/c23-15-6-4-13(5-7-15)12-18(20(24)29)27-22(30)16-2-1-3-17-19(16)28-21(26-17)14-8-10-25-11-9-14/h1-11,18H,12H2,(H2,24,29)(H,26,28)(H,27,30). The molecule has 0 fully saturated rings. The molecule has 0 aliphatic rings. The third kappa shape index (κ3) is 4.02. The first-order valence-electron chi connectivity index (χ1n) is 9.25. The van der Waals surface area contributed by atoms with Crippen molar-refractivity contribution in [2.24, 2.45) is 5.73 Å². The number of nitrogens with zero attached hydrogens (tertiary/aromatic N) is 2. The summed E-state index contributed by atoms with van der Waals surface area (Å²) in [6.07, 6.45) is 3.46. The van der Waals surface area contributed by atoms with E-state index in [1.54, 1.807) is 36.7 Å². The number of hydrogen-bond acceptors (Lipinski definition) is 4. The fourth-order valence-corrected chi connectivity index (χ4v) is 3.18. The minimum absolute atomic E-state index is 0.153. The van der Waals surface area contributed by atoms with E-state index in [9.17, 15) is 14.0 Å². The van der Waals surface area contributed by atoms with E-state index in [1.807, 2.05) is 18.2 Å². The first-order chi connectivity index (χ1) is 14.5. The molecule has 1 unspecified atom stereocenters. The molecule has 4 rings (SSSR count). The van der Waals surface area contributed by atoms with Crippen LogP contribution < -0.4 is 11.1 Å². The van der Waals surface area contributed by atoms with Crippen LogP contribution in [0.25, 0.3) is 22.4 Å². The average Bonchev–Trinajstić information content (AvgIpc) is 3.19. The predicted molar refractivity (Wildman–Crippen MR) is 110 cm³/mol. The van der Waals surface area contributed by atoms with Crippen LogP contribution in [-0.4, -0.2) is 32.8 Å². The predicted octanol–water partition coefficient (Wildman–Crippen LogP) is 2.59. The van der Waals surface area contributed by atoms with E-state index in [0.717, 1.165) is 5.56 Å². The molecule has 30 heavy (non-hydrogen) atoms. The van der Waals surface area contributed by atoms with E-state index < -0.39 is 17.9 Å². The second kappa shape index (κ2) is 8.12. The lowest BCUT2D eigenvalue weighted by atomic mass is 10.0. The zero-order valence-corrected chi connectivity index (χ0v) is 15.8. The lowest BCUT2D eigenvalue weighted by Crippen LogP contribution is -2.45. The van der Waals surface area contributed by atoms with Gasteiger partial charge >= 0.3 is 0 Å². The number of pyridine rings is 1. The fourth-order valence-electron chi connectivity index (χ4n) is 3.18. The number of fused-ring (bicyclic) bond motifs is 1. The van der Waals surface area contributed by atoms with Crippen molar-refractivity contribution < 1.29 is 14.0 Å². The normalized spacial score (nSPS) is 11.9. The zero-order chi connectivity index (χ0) is 21.1.